The molecule has 0 saturated carbocycles. The van der Waals surface area contributed by atoms with Crippen molar-refractivity contribution in [2.24, 2.45) is 5.73 Å². The van der Waals surface area contributed by atoms with Gasteiger partial charge in [0.1, 0.15) is 0 Å². The number of hydrogen-bond acceptors (Lipinski definition) is 4. The number of nitrogens with zero attached hydrogens (tertiary/aromatic N) is 3. The molecule has 1 aromatic heterocycles. The van der Waals surface area contributed by atoms with Crippen molar-refractivity contribution in [1.82, 2.24) is 9.97 Å². The molecule has 2 N–H and O–H groups in total. The van der Waals surface area contributed by atoms with Crippen LogP contribution in [0.15, 0.2) is 36.7 Å². The summed E-state index contributed by atoms with van der Waals surface area (Å²) in [6.45, 7) is 5.97. The summed E-state index contributed by atoms with van der Waals surface area (Å²) < 4.78 is 0. The number of aromatic nitrogens is 2. The van der Waals surface area contributed by atoms with Gasteiger partial charge in [0.2, 0.25) is 0 Å². The standard InChI is InChI=1S/C17H22N4/c1-12-17(20-10-9-19-12)13(2)21-11-14(7-8-18)15-5-3-4-6-16(15)21/h3-6,9-10,13-14H,7-8,11,18H2,1-2H3. The van der Waals surface area contributed by atoms with Crippen LogP contribution in [0.1, 0.15) is 42.3 Å². The van der Waals surface area contributed by atoms with Gasteiger partial charge < -0.3 is 10.6 Å². The third-order valence-electron chi connectivity index (χ3n) is 4.40. The number of anilines is 1. The van der Waals surface area contributed by atoms with E-state index in [0.29, 0.717) is 5.92 Å². The minimum absolute atomic E-state index is 0.225. The molecular formula is C17H22N4. The molecule has 0 saturated heterocycles. The lowest BCUT2D eigenvalue weighted by Crippen LogP contribution is -2.27. The van der Waals surface area contributed by atoms with E-state index >= 15 is 0 Å². The molecule has 0 amide bonds. The Balaban J connectivity index is 1.95. The lowest BCUT2D eigenvalue weighted by molar-refractivity contribution is 0.595. The first kappa shape index (κ1) is 14.0. The van der Waals surface area contributed by atoms with Crippen LogP contribution in [-0.4, -0.2) is 23.1 Å². The van der Waals surface area contributed by atoms with Gasteiger partial charge in [-0.2, -0.15) is 0 Å². The molecule has 0 radical (unpaired) electrons. The zero-order chi connectivity index (χ0) is 14.8. The fourth-order valence-electron chi connectivity index (χ4n) is 3.32. The van der Waals surface area contributed by atoms with Crippen molar-refractivity contribution in [2.45, 2.75) is 32.2 Å². The Morgan fingerprint density at radius 1 is 1.29 bits per heavy atom. The van der Waals surface area contributed by atoms with Crippen molar-refractivity contribution in [3.63, 3.8) is 0 Å². The van der Waals surface area contributed by atoms with Crippen molar-refractivity contribution in [2.75, 3.05) is 18.0 Å². The number of rotatable bonds is 4. The van der Waals surface area contributed by atoms with Gasteiger partial charge in [-0.25, -0.2) is 0 Å². The van der Waals surface area contributed by atoms with Gasteiger partial charge in [-0.05, 0) is 38.4 Å². The largest absolute Gasteiger partial charge is 0.362 e. The van der Waals surface area contributed by atoms with Crippen molar-refractivity contribution >= 4 is 5.69 Å². The minimum atomic E-state index is 0.225. The highest BCUT2D eigenvalue weighted by molar-refractivity contribution is 5.61. The monoisotopic (exact) mass is 282 g/mol. The molecule has 0 bridgehead atoms. The van der Waals surface area contributed by atoms with E-state index in [1.807, 2.05) is 6.92 Å². The Morgan fingerprint density at radius 2 is 2.05 bits per heavy atom. The van der Waals surface area contributed by atoms with E-state index in [4.69, 9.17) is 5.73 Å². The fourth-order valence-corrected chi connectivity index (χ4v) is 3.32. The predicted molar refractivity (Wildman–Crippen MR) is 85.4 cm³/mol. The van der Waals surface area contributed by atoms with Crippen LogP contribution in [0.25, 0.3) is 0 Å². The first-order valence-corrected chi connectivity index (χ1v) is 7.55. The average Bonchev–Trinajstić information content (AvgIpc) is 2.87. The summed E-state index contributed by atoms with van der Waals surface area (Å²) in [4.78, 5) is 11.3. The summed E-state index contributed by atoms with van der Waals surface area (Å²) >= 11 is 0. The van der Waals surface area contributed by atoms with Gasteiger partial charge in [0.15, 0.2) is 0 Å². The molecule has 21 heavy (non-hydrogen) atoms. The van der Waals surface area contributed by atoms with E-state index in [1.165, 1.54) is 11.3 Å². The third kappa shape index (κ3) is 2.51. The van der Waals surface area contributed by atoms with Gasteiger partial charge in [0.25, 0.3) is 0 Å². The zero-order valence-corrected chi connectivity index (χ0v) is 12.7. The second-order valence-electron chi connectivity index (χ2n) is 5.69. The summed E-state index contributed by atoms with van der Waals surface area (Å²) in [5, 5.41) is 0. The molecule has 4 nitrogen and oxygen atoms in total. The Hall–Kier alpha value is -1.94. The Bertz CT molecular complexity index is 626. The summed E-state index contributed by atoms with van der Waals surface area (Å²) in [6, 6.07) is 8.87. The number of para-hydroxylation sites is 1. The molecule has 1 aliphatic rings. The molecule has 1 aliphatic heterocycles. The number of hydrogen-bond donors (Lipinski definition) is 1. The Morgan fingerprint density at radius 3 is 2.81 bits per heavy atom. The van der Waals surface area contributed by atoms with Crippen LogP contribution < -0.4 is 10.6 Å². The van der Waals surface area contributed by atoms with E-state index in [2.05, 4.69) is 46.1 Å². The maximum atomic E-state index is 5.78. The zero-order valence-electron chi connectivity index (χ0n) is 12.7. The van der Waals surface area contributed by atoms with E-state index in [9.17, 15) is 0 Å². The quantitative estimate of drug-likeness (QED) is 0.937. The molecule has 3 rings (SSSR count). The number of aryl methyl sites for hydroxylation is 1. The van der Waals surface area contributed by atoms with Crippen LogP contribution in [0.4, 0.5) is 5.69 Å². The smallest absolute Gasteiger partial charge is 0.0837 e. The SMILES string of the molecule is Cc1nccnc1C(C)N1CC(CCN)c2ccccc21. The molecule has 2 atom stereocenters. The number of nitrogens with two attached hydrogens (primary N) is 1. The van der Waals surface area contributed by atoms with Crippen LogP contribution in [0.2, 0.25) is 0 Å². The summed E-state index contributed by atoms with van der Waals surface area (Å²) in [5.74, 6) is 0.519. The van der Waals surface area contributed by atoms with Crippen LogP contribution >= 0.6 is 0 Å². The van der Waals surface area contributed by atoms with E-state index in [1.54, 1.807) is 12.4 Å². The summed E-state index contributed by atoms with van der Waals surface area (Å²) in [5.41, 5.74) is 10.6. The van der Waals surface area contributed by atoms with E-state index < -0.39 is 0 Å². The van der Waals surface area contributed by atoms with Gasteiger partial charge in [0, 0.05) is 30.5 Å². The van der Waals surface area contributed by atoms with Crippen molar-refractivity contribution in [3.05, 3.63) is 53.6 Å². The summed E-state index contributed by atoms with van der Waals surface area (Å²) in [7, 11) is 0. The number of fused-ring (bicyclic) bond motifs is 1. The predicted octanol–water partition coefficient (Wildman–Crippen LogP) is 2.80. The topological polar surface area (TPSA) is 55.0 Å². The highest BCUT2D eigenvalue weighted by Crippen LogP contribution is 2.41. The molecule has 2 heterocycles. The lowest BCUT2D eigenvalue weighted by Gasteiger charge is -2.28. The van der Waals surface area contributed by atoms with E-state index in [0.717, 1.165) is 30.9 Å². The fraction of sp³-hybridized carbons (Fsp3) is 0.412. The minimum Gasteiger partial charge on any atom is -0.362 e. The molecule has 2 aromatic rings. The normalized spacial score (nSPS) is 18.6. The lowest BCUT2D eigenvalue weighted by atomic mass is 9.98. The number of benzene rings is 1. The van der Waals surface area contributed by atoms with Crippen LogP contribution in [0, 0.1) is 6.92 Å². The maximum Gasteiger partial charge on any atom is 0.0837 e. The van der Waals surface area contributed by atoms with Crippen molar-refractivity contribution in [1.29, 1.82) is 0 Å². The highest BCUT2D eigenvalue weighted by Gasteiger charge is 2.32. The summed E-state index contributed by atoms with van der Waals surface area (Å²) in [6.07, 6.45) is 4.55. The van der Waals surface area contributed by atoms with Gasteiger partial charge in [0.05, 0.1) is 17.4 Å². The first-order chi connectivity index (χ1) is 10.2. The van der Waals surface area contributed by atoms with Crippen molar-refractivity contribution < 1.29 is 0 Å². The molecule has 110 valence electrons. The molecule has 0 fully saturated rings. The molecular weight excluding hydrogens is 260 g/mol. The van der Waals surface area contributed by atoms with Crippen molar-refractivity contribution in [3.8, 4) is 0 Å². The third-order valence-corrected chi connectivity index (χ3v) is 4.40. The Kier molecular flexibility index (Phi) is 3.88. The maximum absolute atomic E-state index is 5.78. The molecule has 0 aliphatic carbocycles. The van der Waals surface area contributed by atoms with Gasteiger partial charge >= 0.3 is 0 Å². The Labute approximate surface area is 126 Å². The second-order valence-corrected chi connectivity index (χ2v) is 5.69. The van der Waals surface area contributed by atoms with Gasteiger partial charge in [-0.3, -0.25) is 9.97 Å². The molecule has 1 aromatic carbocycles. The van der Waals surface area contributed by atoms with Crippen LogP contribution in [-0.2, 0) is 0 Å². The van der Waals surface area contributed by atoms with Gasteiger partial charge in [-0.15, -0.1) is 0 Å². The van der Waals surface area contributed by atoms with E-state index in [-0.39, 0.29) is 6.04 Å². The average molecular weight is 282 g/mol. The van der Waals surface area contributed by atoms with Crippen LogP contribution in [0.3, 0.4) is 0 Å². The second kappa shape index (κ2) is 5.82. The molecule has 4 heteroatoms. The molecule has 0 spiro atoms. The highest BCUT2D eigenvalue weighted by atomic mass is 15.2. The van der Waals surface area contributed by atoms with Crippen LogP contribution in [0.5, 0.6) is 0 Å². The first-order valence-electron chi connectivity index (χ1n) is 7.55. The molecule has 2 unspecified atom stereocenters. The van der Waals surface area contributed by atoms with Gasteiger partial charge in [-0.1, -0.05) is 18.2 Å².